The van der Waals surface area contributed by atoms with E-state index in [9.17, 15) is 5.26 Å². The quantitative estimate of drug-likeness (QED) is 0.715. The summed E-state index contributed by atoms with van der Waals surface area (Å²) < 4.78 is 5.56. The van der Waals surface area contributed by atoms with E-state index < -0.39 is 0 Å². The molecule has 98 valence electrons. The molecule has 20 heavy (non-hydrogen) atoms. The Balaban J connectivity index is 2.67. The summed E-state index contributed by atoms with van der Waals surface area (Å²) in [4.78, 5) is 0. The molecule has 0 aliphatic rings. The minimum Gasteiger partial charge on any atom is -0.454 e. The van der Waals surface area contributed by atoms with Crippen molar-refractivity contribution in [1.82, 2.24) is 0 Å². The second-order valence-electron chi connectivity index (χ2n) is 3.66. The summed E-state index contributed by atoms with van der Waals surface area (Å²) in [6.45, 7) is 0. The van der Waals surface area contributed by atoms with Gasteiger partial charge in [-0.3, -0.25) is 0 Å². The molecule has 0 heterocycles. The minimum absolute atomic E-state index is 0.00364. The normalized spacial score (nSPS) is 9.65. The smallest absolute Gasteiger partial charge is 0.166 e. The number of hydrogen-bond acceptors (Lipinski definition) is 3. The summed E-state index contributed by atoms with van der Waals surface area (Å²) in [6, 6.07) is 12.4. The fourth-order valence-electron chi connectivity index (χ4n) is 1.55. The number of halogens is 3. The average Bonchev–Trinajstić information content (AvgIpc) is 2.48. The maximum absolute atomic E-state index is 9.21. The molecule has 0 spiro atoms. The maximum atomic E-state index is 9.21. The molecule has 0 aliphatic heterocycles. The van der Waals surface area contributed by atoms with Crippen LogP contribution in [0.5, 0.6) is 11.5 Å². The molecule has 6 heteroatoms. The van der Waals surface area contributed by atoms with Crippen LogP contribution in [0, 0.1) is 22.7 Å². The summed E-state index contributed by atoms with van der Waals surface area (Å²) in [7, 11) is 0. The molecule has 3 nitrogen and oxygen atoms in total. The van der Waals surface area contributed by atoms with E-state index in [4.69, 9.17) is 44.8 Å². The topological polar surface area (TPSA) is 56.8 Å². The molecule has 2 aromatic rings. The van der Waals surface area contributed by atoms with Crippen LogP contribution in [0.15, 0.2) is 30.3 Å². The number of benzene rings is 2. The van der Waals surface area contributed by atoms with Crippen molar-refractivity contribution >= 4 is 34.8 Å². The van der Waals surface area contributed by atoms with Crippen LogP contribution in [0.25, 0.3) is 0 Å². The van der Waals surface area contributed by atoms with E-state index in [1.54, 1.807) is 24.3 Å². The van der Waals surface area contributed by atoms with Crippen LogP contribution < -0.4 is 4.74 Å². The van der Waals surface area contributed by atoms with E-state index in [0.717, 1.165) is 0 Å². The SMILES string of the molecule is N#Cc1c(Cl)c(Cl)c(Cl)c(Oc2ccccc2)c1C#N. The van der Waals surface area contributed by atoms with Gasteiger partial charge in [0.2, 0.25) is 0 Å². The van der Waals surface area contributed by atoms with Crippen molar-refractivity contribution in [2.75, 3.05) is 0 Å². The van der Waals surface area contributed by atoms with Crippen LogP contribution in [0.2, 0.25) is 15.1 Å². The van der Waals surface area contributed by atoms with Gasteiger partial charge in [-0.25, -0.2) is 0 Å². The second kappa shape index (κ2) is 6.03. The zero-order chi connectivity index (χ0) is 14.7. The first kappa shape index (κ1) is 14.5. The summed E-state index contributed by atoms with van der Waals surface area (Å²) in [5.41, 5.74) is -0.106. The predicted octanol–water partition coefficient (Wildman–Crippen LogP) is 5.18. The van der Waals surface area contributed by atoms with Crippen LogP contribution in [0.1, 0.15) is 11.1 Å². The van der Waals surface area contributed by atoms with Crippen LogP contribution in [-0.2, 0) is 0 Å². The summed E-state index contributed by atoms with van der Waals surface area (Å²) in [5.74, 6) is 0.486. The van der Waals surface area contributed by atoms with Crippen molar-refractivity contribution in [2.24, 2.45) is 0 Å². The van der Waals surface area contributed by atoms with E-state index >= 15 is 0 Å². The first-order valence-electron chi connectivity index (χ1n) is 5.33. The lowest BCUT2D eigenvalue weighted by Gasteiger charge is -2.13. The number of nitrogens with zero attached hydrogens (tertiary/aromatic N) is 2. The van der Waals surface area contributed by atoms with Gasteiger partial charge in [-0.1, -0.05) is 53.0 Å². The number of ether oxygens (including phenoxy) is 1. The fraction of sp³-hybridized carbons (Fsp3) is 0. The molecule has 2 aromatic carbocycles. The highest BCUT2D eigenvalue weighted by molar-refractivity contribution is 6.49. The molecule has 0 unspecified atom stereocenters. The summed E-state index contributed by atoms with van der Waals surface area (Å²) in [5, 5.41) is 18.2. The molecule has 0 aromatic heterocycles. The maximum Gasteiger partial charge on any atom is 0.166 e. The van der Waals surface area contributed by atoms with Gasteiger partial charge in [0.15, 0.2) is 5.75 Å². The molecule has 2 rings (SSSR count). The number of hydrogen-bond donors (Lipinski definition) is 0. The molecule has 0 fully saturated rings. The Hall–Kier alpha value is -1.91. The van der Waals surface area contributed by atoms with E-state index in [2.05, 4.69) is 0 Å². The van der Waals surface area contributed by atoms with Crippen molar-refractivity contribution in [1.29, 1.82) is 10.5 Å². The van der Waals surface area contributed by atoms with Crippen LogP contribution in [-0.4, -0.2) is 0 Å². The standard InChI is InChI=1S/C14H5Cl3N2O/c15-11-9(6-18)10(7-19)14(13(17)12(11)16)20-8-4-2-1-3-5-8/h1-5H. The Morgan fingerprint density at radius 2 is 1.40 bits per heavy atom. The molecule has 0 radical (unpaired) electrons. The van der Waals surface area contributed by atoms with Crippen LogP contribution in [0.4, 0.5) is 0 Å². The monoisotopic (exact) mass is 322 g/mol. The lowest BCUT2D eigenvalue weighted by Crippen LogP contribution is -1.95. The van der Waals surface area contributed by atoms with Crippen molar-refractivity contribution < 1.29 is 4.74 Å². The van der Waals surface area contributed by atoms with Crippen molar-refractivity contribution in [3.8, 4) is 23.6 Å². The van der Waals surface area contributed by atoms with Crippen molar-refractivity contribution in [3.05, 3.63) is 56.5 Å². The van der Waals surface area contributed by atoms with E-state index in [1.165, 1.54) is 0 Å². The highest BCUT2D eigenvalue weighted by Crippen LogP contribution is 2.44. The molecular weight excluding hydrogens is 319 g/mol. The third-order valence-corrected chi connectivity index (χ3v) is 3.78. The number of para-hydroxylation sites is 1. The third-order valence-electron chi connectivity index (χ3n) is 2.47. The lowest BCUT2D eigenvalue weighted by molar-refractivity contribution is 0.481. The first-order valence-corrected chi connectivity index (χ1v) is 6.47. The zero-order valence-electron chi connectivity index (χ0n) is 9.82. The fourth-order valence-corrected chi connectivity index (χ4v) is 2.24. The molecule has 0 N–H and O–H groups in total. The van der Waals surface area contributed by atoms with Gasteiger partial charge in [0.05, 0.1) is 15.6 Å². The van der Waals surface area contributed by atoms with Crippen molar-refractivity contribution in [3.63, 3.8) is 0 Å². The van der Waals surface area contributed by atoms with Crippen LogP contribution >= 0.6 is 34.8 Å². The second-order valence-corrected chi connectivity index (χ2v) is 4.79. The largest absolute Gasteiger partial charge is 0.454 e. The average molecular weight is 324 g/mol. The lowest BCUT2D eigenvalue weighted by atomic mass is 10.1. The predicted molar refractivity (Wildman–Crippen MR) is 77.4 cm³/mol. The van der Waals surface area contributed by atoms with E-state index in [0.29, 0.717) is 5.75 Å². The minimum atomic E-state index is -0.0607. The van der Waals surface area contributed by atoms with Gasteiger partial charge in [-0.2, -0.15) is 10.5 Å². The molecule has 0 bridgehead atoms. The molecule has 0 aliphatic carbocycles. The molecule has 0 atom stereocenters. The highest BCUT2D eigenvalue weighted by Gasteiger charge is 2.23. The van der Waals surface area contributed by atoms with Gasteiger partial charge in [0, 0.05) is 0 Å². The molecule has 0 saturated carbocycles. The molecular formula is C14H5Cl3N2O. The Kier molecular flexibility index (Phi) is 4.37. The van der Waals surface area contributed by atoms with E-state index in [1.807, 2.05) is 18.2 Å². The van der Waals surface area contributed by atoms with Crippen molar-refractivity contribution in [2.45, 2.75) is 0 Å². The van der Waals surface area contributed by atoms with Gasteiger partial charge < -0.3 is 4.74 Å². The third kappa shape index (κ3) is 2.53. The molecule has 0 amide bonds. The van der Waals surface area contributed by atoms with Gasteiger partial charge >= 0.3 is 0 Å². The van der Waals surface area contributed by atoms with Gasteiger partial charge in [0.1, 0.15) is 28.5 Å². The highest BCUT2D eigenvalue weighted by atomic mass is 35.5. The van der Waals surface area contributed by atoms with Gasteiger partial charge in [0.25, 0.3) is 0 Å². The number of rotatable bonds is 2. The van der Waals surface area contributed by atoms with Gasteiger partial charge in [-0.05, 0) is 12.1 Å². The Morgan fingerprint density at radius 1 is 0.800 bits per heavy atom. The summed E-state index contributed by atoms with van der Waals surface area (Å²) in [6.07, 6.45) is 0. The Morgan fingerprint density at radius 3 is 1.95 bits per heavy atom. The Bertz CT molecular complexity index is 746. The molecule has 0 saturated heterocycles. The Labute approximate surface area is 130 Å². The zero-order valence-corrected chi connectivity index (χ0v) is 12.1. The van der Waals surface area contributed by atoms with Crippen LogP contribution in [0.3, 0.4) is 0 Å². The number of nitriles is 2. The van der Waals surface area contributed by atoms with E-state index in [-0.39, 0.29) is 31.9 Å². The summed E-state index contributed by atoms with van der Waals surface area (Å²) >= 11 is 17.9. The van der Waals surface area contributed by atoms with Gasteiger partial charge in [-0.15, -0.1) is 0 Å². The first-order chi connectivity index (χ1) is 9.60.